The number of carbonyl (C=O) groups excluding carboxylic acids is 1. The summed E-state index contributed by atoms with van der Waals surface area (Å²) in [6, 6.07) is 27.8. The zero-order valence-electron chi connectivity index (χ0n) is 17.8. The Labute approximate surface area is 193 Å². The number of carbonyl (C=O) groups is 1. The van der Waals surface area contributed by atoms with E-state index in [9.17, 15) is 4.79 Å². The molecule has 4 nitrogen and oxygen atoms in total. The van der Waals surface area contributed by atoms with E-state index >= 15 is 0 Å². The Balaban J connectivity index is 1.62. The van der Waals surface area contributed by atoms with Gasteiger partial charge in [0.1, 0.15) is 0 Å². The Morgan fingerprint density at radius 1 is 1.00 bits per heavy atom. The van der Waals surface area contributed by atoms with Gasteiger partial charge in [-0.15, -0.1) is 0 Å². The largest absolute Gasteiger partial charge is 0.322 e. The van der Waals surface area contributed by atoms with Crippen LogP contribution in [0.5, 0.6) is 0 Å². The van der Waals surface area contributed by atoms with Crippen molar-refractivity contribution in [3.05, 3.63) is 119 Å². The summed E-state index contributed by atoms with van der Waals surface area (Å²) >= 11 is 6.14. The number of amides is 2. The fourth-order valence-electron chi connectivity index (χ4n) is 4.39. The van der Waals surface area contributed by atoms with E-state index in [0.717, 1.165) is 28.9 Å². The number of benzene rings is 3. The van der Waals surface area contributed by atoms with Crippen molar-refractivity contribution in [1.29, 1.82) is 0 Å². The average Bonchev–Trinajstić information content (AvgIpc) is 3.23. The molecule has 0 saturated carbocycles. The molecule has 4 aromatic rings. The van der Waals surface area contributed by atoms with Gasteiger partial charge in [0.15, 0.2) is 0 Å². The van der Waals surface area contributed by atoms with Crippen LogP contribution in [0.15, 0.2) is 91.1 Å². The van der Waals surface area contributed by atoms with E-state index in [1.807, 2.05) is 35.2 Å². The highest BCUT2D eigenvalue weighted by molar-refractivity contribution is 6.30. The smallest absolute Gasteiger partial charge is 0.318 e. The molecule has 0 aliphatic carbocycles. The molecule has 5 heteroatoms. The van der Waals surface area contributed by atoms with Gasteiger partial charge >= 0.3 is 6.03 Å². The molecule has 0 radical (unpaired) electrons. The first-order valence-electron chi connectivity index (χ1n) is 10.8. The van der Waals surface area contributed by atoms with Crippen molar-refractivity contribution in [2.45, 2.75) is 25.9 Å². The summed E-state index contributed by atoms with van der Waals surface area (Å²) in [5, 5.41) is 3.64. The van der Waals surface area contributed by atoms with Crippen molar-refractivity contribution in [2.24, 2.45) is 0 Å². The van der Waals surface area contributed by atoms with Gasteiger partial charge in [-0.2, -0.15) is 0 Å². The van der Waals surface area contributed by atoms with Gasteiger partial charge in [0.25, 0.3) is 0 Å². The maximum atomic E-state index is 13.6. The molecule has 1 aliphatic heterocycles. The molecule has 0 bridgehead atoms. The summed E-state index contributed by atoms with van der Waals surface area (Å²) in [4.78, 5) is 15.5. The molecule has 0 fully saturated rings. The number of nitrogens with zero attached hydrogens (tertiary/aromatic N) is 2. The van der Waals surface area contributed by atoms with Crippen LogP contribution in [0.3, 0.4) is 0 Å². The predicted octanol–water partition coefficient (Wildman–Crippen LogP) is 6.83. The number of aromatic nitrogens is 1. The highest BCUT2D eigenvalue weighted by atomic mass is 35.5. The second kappa shape index (κ2) is 8.56. The molecule has 1 aromatic heterocycles. The monoisotopic (exact) mass is 441 g/mol. The van der Waals surface area contributed by atoms with Gasteiger partial charge in [0, 0.05) is 22.6 Å². The lowest BCUT2D eigenvalue weighted by atomic mass is 10.00. The molecule has 1 aliphatic rings. The lowest BCUT2D eigenvalue weighted by Gasteiger charge is -2.31. The van der Waals surface area contributed by atoms with Crippen molar-refractivity contribution >= 4 is 23.3 Å². The van der Waals surface area contributed by atoms with E-state index < -0.39 is 0 Å². The number of anilines is 1. The maximum Gasteiger partial charge on any atom is 0.322 e. The topological polar surface area (TPSA) is 37.3 Å². The van der Waals surface area contributed by atoms with Crippen LogP contribution in [0.1, 0.15) is 35.3 Å². The third kappa shape index (κ3) is 3.78. The van der Waals surface area contributed by atoms with Crippen molar-refractivity contribution in [3.63, 3.8) is 0 Å². The lowest BCUT2D eigenvalue weighted by molar-refractivity contribution is 0.194. The predicted molar refractivity (Wildman–Crippen MR) is 129 cm³/mol. The summed E-state index contributed by atoms with van der Waals surface area (Å²) in [5.74, 6) is 0. The van der Waals surface area contributed by atoms with Gasteiger partial charge in [0.2, 0.25) is 0 Å². The molecule has 1 N–H and O–H groups in total. The Kier molecular flexibility index (Phi) is 5.46. The molecule has 0 unspecified atom stereocenters. The minimum absolute atomic E-state index is 0.165. The number of urea groups is 1. The number of fused-ring (bicyclic) bond motifs is 3. The Hall–Kier alpha value is -3.50. The van der Waals surface area contributed by atoms with E-state index in [0.29, 0.717) is 17.3 Å². The van der Waals surface area contributed by atoms with Crippen LogP contribution >= 0.6 is 11.6 Å². The fraction of sp³-hybridized carbons (Fsp3) is 0.148. The normalized spacial score (nSPS) is 14.9. The van der Waals surface area contributed by atoms with Crippen LogP contribution in [0.25, 0.3) is 5.69 Å². The SMILES string of the molecule is CCc1ccc([C@H]2c3cccn3-c3ccccc3CN2C(=O)Nc2cccc(Cl)c2)cc1. The molecule has 2 amide bonds. The number of hydrogen-bond donors (Lipinski definition) is 1. The van der Waals surface area contributed by atoms with Crippen LogP contribution in [0.4, 0.5) is 10.5 Å². The lowest BCUT2D eigenvalue weighted by Crippen LogP contribution is -2.37. The Morgan fingerprint density at radius 2 is 1.81 bits per heavy atom. The summed E-state index contributed by atoms with van der Waals surface area (Å²) < 4.78 is 2.19. The van der Waals surface area contributed by atoms with Gasteiger partial charge in [-0.1, -0.05) is 67.1 Å². The van der Waals surface area contributed by atoms with Gasteiger partial charge in [-0.25, -0.2) is 4.79 Å². The van der Waals surface area contributed by atoms with E-state index in [1.165, 1.54) is 5.56 Å². The summed E-state index contributed by atoms with van der Waals surface area (Å²) in [7, 11) is 0. The molecule has 0 spiro atoms. The first kappa shape index (κ1) is 20.4. The van der Waals surface area contributed by atoms with Crippen LogP contribution < -0.4 is 5.32 Å². The zero-order chi connectivity index (χ0) is 22.1. The summed E-state index contributed by atoms with van der Waals surface area (Å²) in [6.07, 6.45) is 3.05. The van der Waals surface area contributed by atoms with Gasteiger partial charge in [-0.3, -0.25) is 0 Å². The van der Waals surface area contributed by atoms with Crippen molar-refractivity contribution in [1.82, 2.24) is 9.47 Å². The number of hydrogen-bond acceptors (Lipinski definition) is 1. The quantitative estimate of drug-likeness (QED) is 0.371. The minimum Gasteiger partial charge on any atom is -0.318 e. The highest BCUT2D eigenvalue weighted by Crippen LogP contribution is 2.37. The van der Waals surface area contributed by atoms with Crippen LogP contribution in [0, 0.1) is 0 Å². The molecular formula is C27H24ClN3O. The standard InChI is InChI=1S/C27H24ClN3O/c1-2-19-12-14-20(15-13-19)26-25-11-6-16-30(25)24-10-4-3-7-21(24)18-31(26)27(32)29-23-9-5-8-22(28)17-23/h3-17,26H,2,18H2,1H3,(H,29,32)/t26-/m0/s1. The van der Waals surface area contributed by atoms with E-state index in [4.69, 9.17) is 11.6 Å². The number of para-hydroxylation sites is 1. The maximum absolute atomic E-state index is 13.6. The van der Waals surface area contributed by atoms with Crippen LogP contribution in [-0.4, -0.2) is 15.5 Å². The van der Waals surface area contributed by atoms with Crippen molar-refractivity contribution < 1.29 is 4.79 Å². The Bertz CT molecular complexity index is 1260. The second-order valence-electron chi connectivity index (χ2n) is 8.00. The molecular weight excluding hydrogens is 418 g/mol. The average molecular weight is 442 g/mol. The van der Waals surface area contributed by atoms with E-state index in [1.54, 1.807) is 12.1 Å². The van der Waals surface area contributed by atoms with Crippen LogP contribution in [-0.2, 0) is 13.0 Å². The summed E-state index contributed by atoms with van der Waals surface area (Å²) in [5.41, 5.74) is 6.28. The van der Waals surface area contributed by atoms with E-state index in [2.05, 4.69) is 65.5 Å². The molecule has 0 saturated heterocycles. The molecule has 160 valence electrons. The second-order valence-corrected chi connectivity index (χ2v) is 8.43. The molecule has 32 heavy (non-hydrogen) atoms. The number of aryl methyl sites for hydroxylation is 1. The highest BCUT2D eigenvalue weighted by Gasteiger charge is 2.33. The molecule has 5 rings (SSSR count). The van der Waals surface area contributed by atoms with Crippen LogP contribution in [0.2, 0.25) is 5.02 Å². The molecule has 2 heterocycles. The van der Waals surface area contributed by atoms with E-state index in [-0.39, 0.29) is 12.1 Å². The third-order valence-electron chi connectivity index (χ3n) is 6.00. The zero-order valence-corrected chi connectivity index (χ0v) is 18.6. The number of rotatable bonds is 3. The fourth-order valence-corrected chi connectivity index (χ4v) is 4.58. The summed E-state index contributed by atoms with van der Waals surface area (Å²) in [6.45, 7) is 2.64. The van der Waals surface area contributed by atoms with Gasteiger partial charge in [-0.05, 0) is 59.5 Å². The Morgan fingerprint density at radius 3 is 2.59 bits per heavy atom. The number of halogens is 1. The molecule has 1 atom stereocenters. The van der Waals surface area contributed by atoms with Crippen molar-refractivity contribution in [3.8, 4) is 5.69 Å². The molecule has 3 aromatic carbocycles. The van der Waals surface area contributed by atoms with Crippen molar-refractivity contribution in [2.75, 3.05) is 5.32 Å². The minimum atomic E-state index is -0.234. The first-order valence-corrected chi connectivity index (χ1v) is 11.2. The first-order chi connectivity index (χ1) is 15.6. The van der Waals surface area contributed by atoms with Gasteiger partial charge < -0.3 is 14.8 Å². The number of nitrogens with one attached hydrogen (secondary N) is 1. The van der Waals surface area contributed by atoms with Gasteiger partial charge in [0.05, 0.1) is 18.3 Å². The third-order valence-corrected chi connectivity index (χ3v) is 6.24.